The normalized spacial score (nSPS) is 29.3. The molecular formula is C7H17NO3S. The molecule has 0 aromatic rings. The zero-order valence-electron chi connectivity index (χ0n) is 7.83. The number of quaternary nitrogens is 1. The summed E-state index contributed by atoms with van der Waals surface area (Å²) < 4.78 is 27.2. The second kappa shape index (κ2) is 4.79. The Hall–Kier alpha value is -0.130. The molecule has 1 saturated heterocycles. The lowest BCUT2D eigenvalue weighted by molar-refractivity contribution is -0.867. The molecule has 0 aromatic carbocycles. The van der Waals surface area contributed by atoms with Crippen LogP contribution in [0.4, 0.5) is 0 Å². The van der Waals surface area contributed by atoms with Crippen molar-refractivity contribution in [2.24, 2.45) is 5.92 Å². The van der Waals surface area contributed by atoms with E-state index in [0.29, 0.717) is 6.26 Å². The van der Waals surface area contributed by atoms with Crippen LogP contribution in [0, 0.1) is 5.92 Å². The van der Waals surface area contributed by atoms with Gasteiger partial charge in [-0.3, -0.25) is 0 Å². The molecule has 5 heteroatoms. The van der Waals surface area contributed by atoms with E-state index in [1.165, 1.54) is 19.5 Å². The Labute approximate surface area is 74.3 Å². The molecule has 0 amide bonds. The van der Waals surface area contributed by atoms with E-state index in [1.807, 2.05) is 0 Å². The highest BCUT2D eigenvalue weighted by molar-refractivity contribution is 7.84. The number of likely N-dealkylation sites (tertiary alicyclic amines) is 1. The molecule has 0 radical (unpaired) electrons. The van der Waals surface area contributed by atoms with Crippen molar-refractivity contribution in [2.75, 3.05) is 26.4 Å². The van der Waals surface area contributed by atoms with E-state index in [1.54, 1.807) is 4.90 Å². The SMILES string of the molecule is CC1CC[NH+](C)C1.CS(=O)(=O)[O-]. The molecular weight excluding hydrogens is 178 g/mol. The third-order valence-electron chi connectivity index (χ3n) is 1.76. The number of hydrogen-bond acceptors (Lipinski definition) is 3. The Morgan fingerprint density at radius 2 is 1.92 bits per heavy atom. The van der Waals surface area contributed by atoms with E-state index in [2.05, 4.69) is 14.0 Å². The topological polar surface area (TPSA) is 61.6 Å². The van der Waals surface area contributed by atoms with Crippen molar-refractivity contribution in [1.29, 1.82) is 0 Å². The van der Waals surface area contributed by atoms with Crippen molar-refractivity contribution in [3.05, 3.63) is 0 Å². The molecule has 1 fully saturated rings. The zero-order chi connectivity index (χ0) is 9.78. The van der Waals surface area contributed by atoms with E-state index in [0.717, 1.165) is 5.92 Å². The molecule has 0 aromatic heterocycles. The molecule has 0 spiro atoms. The van der Waals surface area contributed by atoms with Gasteiger partial charge in [0.25, 0.3) is 0 Å². The van der Waals surface area contributed by atoms with Crippen LogP contribution in [0.2, 0.25) is 0 Å². The van der Waals surface area contributed by atoms with Gasteiger partial charge in [0.1, 0.15) is 0 Å². The van der Waals surface area contributed by atoms with Gasteiger partial charge in [0.15, 0.2) is 0 Å². The van der Waals surface area contributed by atoms with Gasteiger partial charge in [0, 0.05) is 18.6 Å². The van der Waals surface area contributed by atoms with Crippen LogP contribution >= 0.6 is 0 Å². The molecule has 1 heterocycles. The molecule has 0 aliphatic carbocycles. The van der Waals surface area contributed by atoms with Crippen LogP contribution in [0.5, 0.6) is 0 Å². The van der Waals surface area contributed by atoms with Crippen LogP contribution in [-0.4, -0.2) is 39.4 Å². The summed E-state index contributed by atoms with van der Waals surface area (Å²) in [7, 11) is -1.65. The monoisotopic (exact) mass is 195 g/mol. The molecule has 4 nitrogen and oxygen atoms in total. The Morgan fingerprint density at radius 1 is 1.50 bits per heavy atom. The van der Waals surface area contributed by atoms with Crippen LogP contribution in [0.25, 0.3) is 0 Å². The van der Waals surface area contributed by atoms with E-state index in [-0.39, 0.29) is 0 Å². The quantitative estimate of drug-likeness (QED) is 0.489. The van der Waals surface area contributed by atoms with Crippen LogP contribution in [-0.2, 0) is 10.1 Å². The predicted octanol–water partition coefficient (Wildman–Crippen LogP) is -1.30. The van der Waals surface area contributed by atoms with Crippen molar-refractivity contribution in [3.8, 4) is 0 Å². The summed E-state index contributed by atoms with van der Waals surface area (Å²) in [5.41, 5.74) is 0. The lowest BCUT2D eigenvalue weighted by atomic mass is 10.2. The van der Waals surface area contributed by atoms with Crippen molar-refractivity contribution in [2.45, 2.75) is 13.3 Å². The second-order valence-electron chi connectivity index (χ2n) is 3.51. The fourth-order valence-electron chi connectivity index (χ4n) is 1.29. The van der Waals surface area contributed by atoms with E-state index in [4.69, 9.17) is 13.0 Å². The van der Waals surface area contributed by atoms with Gasteiger partial charge in [0.2, 0.25) is 0 Å². The highest BCUT2D eigenvalue weighted by atomic mass is 32.2. The molecule has 1 N–H and O–H groups in total. The first-order valence-electron chi connectivity index (χ1n) is 4.01. The van der Waals surface area contributed by atoms with Crippen molar-refractivity contribution < 1.29 is 17.9 Å². The van der Waals surface area contributed by atoms with Crippen LogP contribution in [0.1, 0.15) is 13.3 Å². The fraction of sp³-hybridized carbons (Fsp3) is 1.00. The average Bonchev–Trinajstić information content (AvgIpc) is 2.09. The van der Waals surface area contributed by atoms with Gasteiger partial charge in [-0.05, 0) is 0 Å². The summed E-state index contributed by atoms with van der Waals surface area (Å²) in [6, 6.07) is 0. The summed E-state index contributed by atoms with van der Waals surface area (Å²) in [6.45, 7) is 5.11. The maximum absolute atomic E-state index is 9.08. The predicted molar refractivity (Wildman–Crippen MR) is 46.0 cm³/mol. The summed E-state index contributed by atoms with van der Waals surface area (Å²) in [4.78, 5) is 1.70. The van der Waals surface area contributed by atoms with Gasteiger partial charge >= 0.3 is 0 Å². The smallest absolute Gasteiger partial charge is 0.0916 e. The molecule has 2 unspecified atom stereocenters. The lowest BCUT2D eigenvalue weighted by Crippen LogP contribution is -3.07. The van der Waals surface area contributed by atoms with Gasteiger partial charge in [-0.2, -0.15) is 0 Å². The van der Waals surface area contributed by atoms with E-state index >= 15 is 0 Å². The molecule has 0 bridgehead atoms. The Morgan fingerprint density at radius 3 is 2.00 bits per heavy atom. The first kappa shape index (κ1) is 11.9. The molecule has 12 heavy (non-hydrogen) atoms. The molecule has 1 aliphatic rings. The summed E-state index contributed by atoms with van der Waals surface area (Å²) in [5, 5.41) is 0. The minimum atomic E-state index is -3.92. The van der Waals surface area contributed by atoms with Crippen LogP contribution in [0.15, 0.2) is 0 Å². The average molecular weight is 195 g/mol. The van der Waals surface area contributed by atoms with Gasteiger partial charge in [-0.15, -0.1) is 0 Å². The maximum atomic E-state index is 9.08. The van der Waals surface area contributed by atoms with Crippen molar-refractivity contribution in [3.63, 3.8) is 0 Å². The lowest BCUT2D eigenvalue weighted by Gasteiger charge is -2.00. The van der Waals surface area contributed by atoms with Gasteiger partial charge in [0.05, 0.1) is 30.3 Å². The number of hydrogen-bond donors (Lipinski definition) is 1. The largest absolute Gasteiger partial charge is 0.748 e. The first-order chi connectivity index (χ1) is 5.29. The summed E-state index contributed by atoms with van der Waals surface area (Å²) in [5.74, 6) is 0.986. The van der Waals surface area contributed by atoms with Gasteiger partial charge in [-0.25, -0.2) is 8.42 Å². The van der Waals surface area contributed by atoms with Crippen LogP contribution in [0.3, 0.4) is 0 Å². The van der Waals surface area contributed by atoms with Crippen molar-refractivity contribution in [1.82, 2.24) is 0 Å². The number of nitrogens with one attached hydrogen (secondary N) is 1. The van der Waals surface area contributed by atoms with Crippen LogP contribution < -0.4 is 4.90 Å². The molecule has 1 rings (SSSR count). The Kier molecular flexibility index (Phi) is 4.74. The van der Waals surface area contributed by atoms with E-state index < -0.39 is 10.1 Å². The Balaban J connectivity index is 0.000000217. The minimum Gasteiger partial charge on any atom is -0.748 e. The summed E-state index contributed by atoms with van der Waals surface area (Å²) >= 11 is 0. The zero-order valence-corrected chi connectivity index (χ0v) is 8.65. The van der Waals surface area contributed by atoms with Crippen molar-refractivity contribution >= 4 is 10.1 Å². The minimum absolute atomic E-state index is 0.604. The molecule has 1 aliphatic heterocycles. The third-order valence-corrected chi connectivity index (χ3v) is 1.76. The maximum Gasteiger partial charge on any atom is 0.0916 e. The Bertz CT molecular complexity index is 197. The summed E-state index contributed by atoms with van der Waals surface area (Å²) in [6.07, 6.45) is 2.04. The highest BCUT2D eigenvalue weighted by Crippen LogP contribution is 1.99. The van der Waals surface area contributed by atoms with Gasteiger partial charge < -0.3 is 9.45 Å². The van der Waals surface area contributed by atoms with E-state index in [9.17, 15) is 0 Å². The third kappa shape index (κ3) is 9.87. The molecule has 74 valence electrons. The fourth-order valence-corrected chi connectivity index (χ4v) is 1.29. The molecule has 2 atom stereocenters. The van der Waals surface area contributed by atoms with Gasteiger partial charge in [-0.1, -0.05) is 6.92 Å². The first-order valence-corrected chi connectivity index (χ1v) is 5.83. The standard InChI is InChI=1S/C6H13N.CH4O3S/c1-6-3-4-7(2)5-6;1-5(2,3)4/h6H,3-5H2,1-2H3;1H3,(H,2,3,4). The molecule has 0 saturated carbocycles. The number of rotatable bonds is 0. The second-order valence-corrected chi connectivity index (χ2v) is 4.92. The highest BCUT2D eigenvalue weighted by Gasteiger charge is 2.17.